The maximum Gasteiger partial charge on any atom is 0.137 e. The van der Waals surface area contributed by atoms with Gasteiger partial charge in [0.2, 0.25) is 0 Å². The van der Waals surface area contributed by atoms with Crippen LogP contribution in [-0.4, -0.2) is 14.4 Å². The zero-order valence-corrected chi connectivity index (χ0v) is 29.7. The molecule has 0 aliphatic heterocycles. The quantitative estimate of drug-likeness (QED) is 0.163. The van der Waals surface area contributed by atoms with Gasteiger partial charge in [-0.05, 0) is 63.6 Å². The number of hydrogen-bond acceptors (Lipinski definition) is 3. The SMILES string of the molecule is CC(C)(C)c1ccnc(-c2[c-]cc3c(c2)c2cccc4c5ccc6oc7ccccc7c6c5n3c24)c1.[Ir].[c-]1ccccc1-c1ccccn1. The van der Waals surface area contributed by atoms with Gasteiger partial charge in [-0.3, -0.25) is 0 Å². The Morgan fingerprint density at radius 1 is 0.592 bits per heavy atom. The van der Waals surface area contributed by atoms with Crippen molar-refractivity contribution in [3.63, 3.8) is 0 Å². The fraction of sp³-hybridized carbons (Fsp3) is 0.0909. The van der Waals surface area contributed by atoms with E-state index in [9.17, 15) is 0 Å². The molecule has 0 unspecified atom stereocenters. The Labute approximate surface area is 297 Å². The summed E-state index contributed by atoms with van der Waals surface area (Å²) in [6, 6.07) is 48.4. The minimum Gasteiger partial charge on any atom is -0.456 e. The molecule has 5 aromatic carbocycles. The normalized spacial score (nSPS) is 11.8. The molecule has 0 amide bonds. The number of rotatable bonds is 2. The molecule has 0 spiro atoms. The van der Waals surface area contributed by atoms with E-state index in [0.717, 1.165) is 44.6 Å². The molecule has 5 heteroatoms. The Hall–Kier alpha value is -5.35. The summed E-state index contributed by atoms with van der Waals surface area (Å²) in [6.07, 6.45) is 3.70. The topological polar surface area (TPSA) is 43.3 Å². The van der Waals surface area contributed by atoms with E-state index in [1.807, 2.05) is 60.8 Å². The minimum atomic E-state index is 0. The summed E-state index contributed by atoms with van der Waals surface area (Å²) >= 11 is 0. The molecule has 0 bridgehead atoms. The van der Waals surface area contributed by atoms with Crippen molar-refractivity contribution in [3.8, 4) is 22.5 Å². The van der Waals surface area contributed by atoms with E-state index in [4.69, 9.17) is 9.40 Å². The van der Waals surface area contributed by atoms with Gasteiger partial charge >= 0.3 is 0 Å². The predicted molar refractivity (Wildman–Crippen MR) is 198 cm³/mol. The van der Waals surface area contributed by atoms with Crippen LogP contribution in [0.4, 0.5) is 0 Å². The van der Waals surface area contributed by atoms with Crippen LogP contribution in [0.25, 0.3) is 82.5 Å². The molecule has 1 radical (unpaired) electrons. The summed E-state index contributed by atoms with van der Waals surface area (Å²) in [5.41, 5.74) is 10.8. The molecule has 0 aliphatic carbocycles. The summed E-state index contributed by atoms with van der Waals surface area (Å²) in [5.74, 6) is 0. The van der Waals surface area contributed by atoms with Crippen molar-refractivity contribution >= 4 is 60.0 Å². The van der Waals surface area contributed by atoms with Crippen molar-refractivity contribution in [2.75, 3.05) is 0 Å². The van der Waals surface area contributed by atoms with Crippen LogP contribution in [-0.2, 0) is 25.5 Å². The first-order valence-electron chi connectivity index (χ1n) is 16.2. The monoisotopic (exact) mass is 810 g/mol. The van der Waals surface area contributed by atoms with Crippen molar-refractivity contribution in [2.45, 2.75) is 26.2 Å². The van der Waals surface area contributed by atoms with Crippen molar-refractivity contribution < 1.29 is 24.5 Å². The molecule has 0 saturated carbocycles. The summed E-state index contributed by atoms with van der Waals surface area (Å²) in [5, 5.41) is 7.30. The van der Waals surface area contributed by atoms with Crippen LogP contribution in [0.1, 0.15) is 26.3 Å². The average Bonchev–Trinajstić information content (AvgIpc) is 3.79. The second-order valence-corrected chi connectivity index (χ2v) is 13.3. The van der Waals surface area contributed by atoms with Crippen LogP contribution >= 0.6 is 0 Å². The Balaban J connectivity index is 0.000000228. The van der Waals surface area contributed by atoms with Gasteiger partial charge in [-0.2, -0.15) is 0 Å². The number of fused-ring (bicyclic) bond motifs is 10. The number of para-hydroxylation sites is 2. The predicted octanol–water partition coefficient (Wildman–Crippen LogP) is 11.4. The number of hydrogen-bond donors (Lipinski definition) is 0. The molecule has 10 rings (SSSR count). The first-order valence-corrected chi connectivity index (χ1v) is 16.2. The zero-order valence-electron chi connectivity index (χ0n) is 27.3. The van der Waals surface area contributed by atoms with E-state index in [1.165, 1.54) is 43.5 Å². The minimum absolute atomic E-state index is 0. The molecule has 0 atom stereocenters. The third-order valence-electron chi connectivity index (χ3n) is 9.30. The molecule has 239 valence electrons. The fourth-order valence-corrected chi connectivity index (χ4v) is 6.97. The largest absolute Gasteiger partial charge is 0.456 e. The molecule has 0 fully saturated rings. The average molecular weight is 810 g/mol. The Kier molecular flexibility index (Phi) is 7.55. The van der Waals surface area contributed by atoms with Crippen molar-refractivity contribution in [1.82, 2.24) is 14.4 Å². The van der Waals surface area contributed by atoms with E-state index in [2.05, 4.69) is 109 Å². The summed E-state index contributed by atoms with van der Waals surface area (Å²) < 4.78 is 8.66. The van der Waals surface area contributed by atoms with E-state index in [1.54, 1.807) is 6.20 Å². The van der Waals surface area contributed by atoms with E-state index in [-0.39, 0.29) is 25.5 Å². The fourth-order valence-electron chi connectivity index (χ4n) is 6.97. The molecular weight excluding hydrogens is 779 g/mol. The molecule has 0 aliphatic rings. The summed E-state index contributed by atoms with van der Waals surface area (Å²) in [6.45, 7) is 6.70. The number of benzene rings is 5. The number of nitrogens with zero attached hydrogens (tertiary/aromatic N) is 3. The maximum atomic E-state index is 6.25. The van der Waals surface area contributed by atoms with Crippen molar-refractivity contribution in [1.29, 1.82) is 0 Å². The number of furan rings is 1. The molecule has 0 N–H and O–H groups in total. The molecular formula is C44H31IrN3O-2. The van der Waals surface area contributed by atoms with Gasteiger partial charge < -0.3 is 18.8 Å². The smallest absolute Gasteiger partial charge is 0.137 e. The Morgan fingerprint density at radius 2 is 1.35 bits per heavy atom. The van der Waals surface area contributed by atoms with Gasteiger partial charge in [0.25, 0.3) is 0 Å². The molecule has 5 heterocycles. The second-order valence-electron chi connectivity index (χ2n) is 13.3. The van der Waals surface area contributed by atoms with Gasteiger partial charge in [0.15, 0.2) is 0 Å². The van der Waals surface area contributed by atoms with Crippen LogP contribution in [0, 0.1) is 12.1 Å². The molecule has 5 aromatic heterocycles. The zero-order chi connectivity index (χ0) is 32.4. The van der Waals surface area contributed by atoms with Crippen LogP contribution in [0.5, 0.6) is 0 Å². The van der Waals surface area contributed by atoms with E-state index >= 15 is 0 Å². The van der Waals surface area contributed by atoms with Gasteiger partial charge in [0.05, 0.1) is 16.4 Å². The number of aromatic nitrogens is 3. The molecule has 0 saturated heterocycles. The van der Waals surface area contributed by atoms with Crippen LogP contribution in [0.2, 0.25) is 0 Å². The maximum absolute atomic E-state index is 6.25. The number of pyridine rings is 2. The first kappa shape index (κ1) is 30.9. The van der Waals surface area contributed by atoms with Gasteiger partial charge in [-0.25, -0.2) is 0 Å². The molecule has 10 aromatic rings. The summed E-state index contributed by atoms with van der Waals surface area (Å²) in [4.78, 5) is 8.92. The van der Waals surface area contributed by atoms with Crippen molar-refractivity contribution in [3.05, 3.63) is 151 Å². The Morgan fingerprint density at radius 3 is 2.14 bits per heavy atom. The summed E-state index contributed by atoms with van der Waals surface area (Å²) in [7, 11) is 0. The van der Waals surface area contributed by atoms with E-state index < -0.39 is 0 Å². The molecule has 4 nitrogen and oxygen atoms in total. The van der Waals surface area contributed by atoms with Gasteiger partial charge in [-0.15, -0.1) is 59.7 Å². The van der Waals surface area contributed by atoms with Gasteiger partial charge in [-0.1, -0.05) is 80.8 Å². The third-order valence-corrected chi connectivity index (χ3v) is 9.30. The van der Waals surface area contributed by atoms with Crippen LogP contribution in [0.3, 0.4) is 0 Å². The molecule has 49 heavy (non-hydrogen) atoms. The van der Waals surface area contributed by atoms with Crippen molar-refractivity contribution in [2.24, 2.45) is 0 Å². The van der Waals surface area contributed by atoms with E-state index in [0.29, 0.717) is 0 Å². The second kappa shape index (κ2) is 12.0. The standard InChI is InChI=1S/C33H23N2O.C11H8N.Ir/c1-33(2,3)20-15-16-34-26(18-20)19-11-13-27-25(17-19)22-9-6-8-21-23-12-14-29-30(32(23)35(27)31(21)22)24-7-4-5-10-28(24)36-29;1-2-6-10(7-3-1)11-8-4-5-9-12-11;/h4-10,12-18H,1-3H3;1-6,8-9H;/q2*-1;. The van der Waals surface area contributed by atoms with Gasteiger partial charge in [0.1, 0.15) is 11.2 Å². The van der Waals surface area contributed by atoms with Crippen LogP contribution in [0.15, 0.2) is 138 Å². The van der Waals surface area contributed by atoms with Crippen LogP contribution < -0.4 is 0 Å². The first-order chi connectivity index (χ1) is 23.5. The third kappa shape index (κ3) is 5.09. The van der Waals surface area contributed by atoms with Gasteiger partial charge in [0, 0.05) is 48.7 Å². The Bertz CT molecular complexity index is 2720.